The predicted octanol–water partition coefficient (Wildman–Crippen LogP) is 2.01. The van der Waals surface area contributed by atoms with Crippen molar-refractivity contribution >= 4 is 11.5 Å². The van der Waals surface area contributed by atoms with E-state index in [-0.39, 0.29) is 0 Å². The fourth-order valence-corrected chi connectivity index (χ4v) is 2.70. The third-order valence-electron chi connectivity index (χ3n) is 3.09. The molecule has 0 aliphatic carbocycles. The molecule has 1 unspecified atom stereocenters. The Kier molecular flexibility index (Phi) is 4.69. The number of hydrogen-bond donors (Lipinski definition) is 1. The zero-order valence-electron chi connectivity index (χ0n) is 9.69. The van der Waals surface area contributed by atoms with E-state index in [1.165, 1.54) is 24.4 Å². The van der Waals surface area contributed by atoms with E-state index in [0.29, 0.717) is 6.04 Å². The fourth-order valence-electron chi connectivity index (χ4n) is 2.19. The lowest BCUT2D eigenvalue weighted by Gasteiger charge is -2.26. The Morgan fingerprint density at radius 3 is 3.00 bits per heavy atom. The van der Waals surface area contributed by atoms with Gasteiger partial charge >= 0.3 is 0 Å². The van der Waals surface area contributed by atoms with Crippen molar-refractivity contribution in [3.63, 3.8) is 0 Å². The Morgan fingerprint density at radius 2 is 2.38 bits per heavy atom. The molecule has 1 aromatic heterocycles. The van der Waals surface area contributed by atoms with Crippen LogP contribution in [0.4, 0.5) is 0 Å². The van der Waals surface area contributed by atoms with E-state index in [9.17, 15) is 0 Å². The van der Waals surface area contributed by atoms with Crippen molar-refractivity contribution in [3.05, 3.63) is 11.1 Å². The molecule has 90 valence electrons. The monoisotopic (exact) mass is 241 g/mol. The van der Waals surface area contributed by atoms with Gasteiger partial charge in [0.1, 0.15) is 0 Å². The van der Waals surface area contributed by atoms with Crippen LogP contribution in [0, 0.1) is 5.92 Å². The van der Waals surface area contributed by atoms with Gasteiger partial charge in [-0.3, -0.25) is 0 Å². The van der Waals surface area contributed by atoms with E-state index in [4.69, 9.17) is 4.74 Å². The van der Waals surface area contributed by atoms with E-state index in [1.54, 1.807) is 0 Å². The standard InChI is InChI=1S/C11H19N3OS/c1-2-12-10(11-8-16-14-13-11)7-9-3-5-15-6-4-9/h8-10,12H,2-7H2,1H3. The van der Waals surface area contributed by atoms with Crippen LogP contribution in [-0.2, 0) is 4.74 Å². The molecule has 1 aromatic rings. The topological polar surface area (TPSA) is 47.0 Å². The molecule has 0 amide bonds. The van der Waals surface area contributed by atoms with Crippen LogP contribution in [0.1, 0.15) is 37.9 Å². The summed E-state index contributed by atoms with van der Waals surface area (Å²) in [6.45, 7) is 4.94. The van der Waals surface area contributed by atoms with Gasteiger partial charge < -0.3 is 10.1 Å². The van der Waals surface area contributed by atoms with Crippen LogP contribution in [-0.4, -0.2) is 29.3 Å². The molecule has 1 N–H and O–H groups in total. The first kappa shape index (κ1) is 12.0. The Morgan fingerprint density at radius 1 is 1.56 bits per heavy atom. The number of aromatic nitrogens is 2. The summed E-state index contributed by atoms with van der Waals surface area (Å²) >= 11 is 1.43. The predicted molar refractivity (Wildman–Crippen MR) is 64.5 cm³/mol. The molecule has 0 aromatic carbocycles. The second kappa shape index (κ2) is 6.27. The van der Waals surface area contributed by atoms with Crippen LogP contribution in [0.2, 0.25) is 0 Å². The van der Waals surface area contributed by atoms with Crippen molar-refractivity contribution in [2.45, 2.75) is 32.2 Å². The Bertz CT molecular complexity index is 285. The second-order valence-corrected chi connectivity index (χ2v) is 4.84. The van der Waals surface area contributed by atoms with Crippen molar-refractivity contribution in [1.82, 2.24) is 14.9 Å². The Labute approximate surface area is 101 Å². The fraction of sp³-hybridized carbons (Fsp3) is 0.818. The lowest BCUT2D eigenvalue weighted by atomic mass is 9.91. The second-order valence-electron chi connectivity index (χ2n) is 4.23. The van der Waals surface area contributed by atoms with Gasteiger partial charge in [0.25, 0.3) is 0 Å². The van der Waals surface area contributed by atoms with E-state index < -0.39 is 0 Å². The number of rotatable bonds is 5. The zero-order chi connectivity index (χ0) is 11.2. The largest absolute Gasteiger partial charge is 0.381 e. The third-order valence-corrected chi connectivity index (χ3v) is 3.62. The van der Waals surface area contributed by atoms with Crippen LogP contribution in [0.15, 0.2) is 5.38 Å². The minimum Gasteiger partial charge on any atom is -0.381 e. The lowest BCUT2D eigenvalue weighted by Crippen LogP contribution is -2.26. The summed E-state index contributed by atoms with van der Waals surface area (Å²) in [6.07, 6.45) is 3.52. The smallest absolute Gasteiger partial charge is 0.0924 e. The Hall–Kier alpha value is -0.520. The molecule has 2 rings (SSSR count). The maximum absolute atomic E-state index is 5.39. The first-order chi connectivity index (χ1) is 7.90. The van der Waals surface area contributed by atoms with Gasteiger partial charge in [0.2, 0.25) is 0 Å². The number of nitrogens with zero attached hydrogens (tertiary/aromatic N) is 2. The van der Waals surface area contributed by atoms with E-state index in [0.717, 1.165) is 37.8 Å². The molecule has 1 aliphatic rings. The molecule has 1 saturated heterocycles. The summed E-state index contributed by atoms with van der Waals surface area (Å²) in [5.41, 5.74) is 1.10. The van der Waals surface area contributed by atoms with Gasteiger partial charge in [0.15, 0.2) is 0 Å². The summed E-state index contributed by atoms with van der Waals surface area (Å²) < 4.78 is 9.33. The molecule has 0 radical (unpaired) electrons. The maximum Gasteiger partial charge on any atom is 0.0924 e. The van der Waals surface area contributed by atoms with Gasteiger partial charge in [0, 0.05) is 18.6 Å². The van der Waals surface area contributed by atoms with Gasteiger partial charge in [-0.2, -0.15) is 0 Å². The first-order valence-electron chi connectivity index (χ1n) is 5.98. The number of nitrogens with one attached hydrogen (secondary N) is 1. The SMILES string of the molecule is CCNC(CC1CCOCC1)c1csnn1. The molecule has 0 spiro atoms. The normalized spacial score (nSPS) is 19.8. The summed E-state index contributed by atoms with van der Waals surface area (Å²) in [5.74, 6) is 0.763. The summed E-state index contributed by atoms with van der Waals surface area (Å²) in [5, 5.41) is 9.72. The van der Waals surface area contributed by atoms with Crippen molar-refractivity contribution in [1.29, 1.82) is 0 Å². The van der Waals surface area contributed by atoms with Crippen LogP contribution in [0.3, 0.4) is 0 Å². The molecule has 1 atom stereocenters. The molecule has 1 aliphatic heterocycles. The van der Waals surface area contributed by atoms with Crippen molar-refractivity contribution in [3.8, 4) is 0 Å². The van der Waals surface area contributed by atoms with Crippen molar-refractivity contribution < 1.29 is 4.74 Å². The van der Waals surface area contributed by atoms with Crippen molar-refractivity contribution in [2.75, 3.05) is 19.8 Å². The van der Waals surface area contributed by atoms with Gasteiger partial charge in [-0.1, -0.05) is 11.4 Å². The summed E-state index contributed by atoms with van der Waals surface area (Å²) in [4.78, 5) is 0. The molecular weight excluding hydrogens is 222 g/mol. The highest BCUT2D eigenvalue weighted by atomic mass is 32.1. The van der Waals surface area contributed by atoms with Crippen LogP contribution in [0.25, 0.3) is 0 Å². The lowest BCUT2D eigenvalue weighted by molar-refractivity contribution is 0.0604. The van der Waals surface area contributed by atoms with Crippen molar-refractivity contribution in [2.24, 2.45) is 5.92 Å². The molecule has 2 heterocycles. The molecular formula is C11H19N3OS. The molecule has 5 heteroatoms. The van der Waals surface area contributed by atoms with E-state index in [2.05, 4.69) is 21.8 Å². The van der Waals surface area contributed by atoms with Crippen LogP contribution < -0.4 is 5.32 Å². The highest BCUT2D eigenvalue weighted by molar-refractivity contribution is 7.03. The molecule has 0 bridgehead atoms. The molecule has 0 saturated carbocycles. The van der Waals surface area contributed by atoms with E-state index >= 15 is 0 Å². The molecule has 4 nitrogen and oxygen atoms in total. The van der Waals surface area contributed by atoms with Gasteiger partial charge in [0.05, 0.1) is 11.7 Å². The maximum atomic E-state index is 5.39. The van der Waals surface area contributed by atoms with Gasteiger partial charge in [-0.05, 0) is 43.3 Å². The molecule has 16 heavy (non-hydrogen) atoms. The number of hydrogen-bond acceptors (Lipinski definition) is 5. The van der Waals surface area contributed by atoms with E-state index in [1.807, 2.05) is 5.38 Å². The minimum atomic E-state index is 0.367. The quantitative estimate of drug-likeness (QED) is 0.856. The summed E-state index contributed by atoms with van der Waals surface area (Å²) in [6, 6.07) is 0.367. The average molecular weight is 241 g/mol. The highest BCUT2D eigenvalue weighted by Gasteiger charge is 2.21. The third kappa shape index (κ3) is 3.23. The van der Waals surface area contributed by atoms with Gasteiger partial charge in [-0.15, -0.1) is 5.10 Å². The molecule has 1 fully saturated rings. The first-order valence-corrected chi connectivity index (χ1v) is 6.82. The van der Waals surface area contributed by atoms with Crippen LogP contribution >= 0.6 is 11.5 Å². The Balaban J connectivity index is 1.91. The minimum absolute atomic E-state index is 0.367. The van der Waals surface area contributed by atoms with Gasteiger partial charge in [-0.25, -0.2) is 0 Å². The zero-order valence-corrected chi connectivity index (χ0v) is 10.5. The average Bonchev–Trinajstić information content (AvgIpc) is 2.83. The highest BCUT2D eigenvalue weighted by Crippen LogP contribution is 2.26. The van der Waals surface area contributed by atoms with Crippen LogP contribution in [0.5, 0.6) is 0 Å². The number of ether oxygens (including phenoxy) is 1. The summed E-state index contributed by atoms with van der Waals surface area (Å²) in [7, 11) is 0.